The number of ether oxygens (including phenoxy) is 2. The standard InChI is InChI=1S/C16H23N3O2/c1-10-13(11(2)19(3)18-10)9-15(17)14-8-12(20-4)6-7-16(14)21-5/h6-8,15H,9,17H2,1-5H3. The van der Waals surface area contributed by atoms with Crippen LogP contribution in [0.1, 0.15) is 28.6 Å². The molecule has 0 spiro atoms. The number of nitrogens with zero attached hydrogens (tertiary/aromatic N) is 2. The first-order valence-corrected chi connectivity index (χ1v) is 6.94. The lowest BCUT2D eigenvalue weighted by Crippen LogP contribution is -2.15. The molecule has 1 aromatic heterocycles. The van der Waals surface area contributed by atoms with Crippen molar-refractivity contribution in [2.75, 3.05) is 14.2 Å². The van der Waals surface area contributed by atoms with Gasteiger partial charge in [0.2, 0.25) is 0 Å². The number of methoxy groups -OCH3 is 2. The van der Waals surface area contributed by atoms with Gasteiger partial charge in [-0.1, -0.05) is 0 Å². The number of hydrogen-bond acceptors (Lipinski definition) is 4. The Morgan fingerprint density at radius 1 is 1.24 bits per heavy atom. The Kier molecular flexibility index (Phi) is 4.53. The van der Waals surface area contributed by atoms with Crippen LogP contribution in [0.5, 0.6) is 11.5 Å². The number of rotatable bonds is 5. The van der Waals surface area contributed by atoms with Crippen LogP contribution >= 0.6 is 0 Å². The van der Waals surface area contributed by atoms with Gasteiger partial charge in [-0.2, -0.15) is 5.10 Å². The van der Waals surface area contributed by atoms with E-state index in [1.807, 2.05) is 36.9 Å². The highest BCUT2D eigenvalue weighted by Gasteiger charge is 2.18. The third kappa shape index (κ3) is 3.03. The van der Waals surface area contributed by atoms with Gasteiger partial charge in [0.25, 0.3) is 0 Å². The number of nitrogens with two attached hydrogens (primary N) is 1. The Bertz CT molecular complexity index is 635. The summed E-state index contributed by atoms with van der Waals surface area (Å²) >= 11 is 0. The van der Waals surface area contributed by atoms with Gasteiger partial charge < -0.3 is 15.2 Å². The summed E-state index contributed by atoms with van der Waals surface area (Å²) in [5, 5.41) is 4.44. The topological polar surface area (TPSA) is 62.3 Å². The molecule has 2 N–H and O–H groups in total. The second-order valence-corrected chi connectivity index (χ2v) is 5.19. The van der Waals surface area contributed by atoms with Gasteiger partial charge in [0, 0.05) is 24.3 Å². The molecule has 1 heterocycles. The first-order valence-electron chi connectivity index (χ1n) is 6.94. The first kappa shape index (κ1) is 15.4. The lowest BCUT2D eigenvalue weighted by Gasteiger charge is -2.17. The Labute approximate surface area is 125 Å². The molecule has 0 amide bonds. The van der Waals surface area contributed by atoms with Crippen LogP contribution in [0, 0.1) is 13.8 Å². The van der Waals surface area contributed by atoms with E-state index in [0.717, 1.165) is 34.9 Å². The maximum Gasteiger partial charge on any atom is 0.123 e. The maximum atomic E-state index is 6.40. The van der Waals surface area contributed by atoms with Crippen LogP contribution < -0.4 is 15.2 Å². The predicted molar refractivity (Wildman–Crippen MR) is 82.9 cm³/mol. The fourth-order valence-corrected chi connectivity index (χ4v) is 2.57. The minimum absolute atomic E-state index is 0.170. The van der Waals surface area contributed by atoms with Crippen LogP contribution in [0.3, 0.4) is 0 Å². The van der Waals surface area contributed by atoms with Crippen molar-refractivity contribution >= 4 is 0 Å². The highest BCUT2D eigenvalue weighted by molar-refractivity contribution is 5.43. The summed E-state index contributed by atoms with van der Waals surface area (Å²) in [6, 6.07) is 5.52. The summed E-state index contributed by atoms with van der Waals surface area (Å²) in [5.41, 5.74) is 10.7. The minimum Gasteiger partial charge on any atom is -0.497 e. The average molecular weight is 289 g/mol. The van der Waals surface area contributed by atoms with E-state index < -0.39 is 0 Å². The molecule has 0 aliphatic carbocycles. The molecule has 0 aliphatic heterocycles. The third-order valence-corrected chi connectivity index (χ3v) is 3.92. The highest BCUT2D eigenvalue weighted by atomic mass is 16.5. The SMILES string of the molecule is COc1ccc(OC)c(C(N)Cc2c(C)nn(C)c2C)c1. The Morgan fingerprint density at radius 3 is 2.48 bits per heavy atom. The van der Waals surface area contributed by atoms with Crippen molar-refractivity contribution < 1.29 is 9.47 Å². The summed E-state index contributed by atoms with van der Waals surface area (Å²) in [6.45, 7) is 4.07. The number of aryl methyl sites for hydroxylation is 2. The quantitative estimate of drug-likeness (QED) is 0.917. The molecule has 114 valence electrons. The van der Waals surface area contributed by atoms with Crippen LogP contribution in [0.2, 0.25) is 0 Å². The monoisotopic (exact) mass is 289 g/mol. The molecule has 21 heavy (non-hydrogen) atoms. The molecule has 2 rings (SSSR count). The van der Waals surface area contributed by atoms with Gasteiger partial charge in [-0.05, 0) is 44.0 Å². The van der Waals surface area contributed by atoms with E-state index in [1.54, 1.807) is 14.2 Å². The minimum atomic E-state index is -0.170. The number of benzene rings is 1. The third-order valence-electron chi connectivity index (χ3n) is 3.92. The Balaban J connectivity index is 2.33. The lowest BCUT2D eigenvalue weighted by molar-refractivity contribution is 0.395. The van der Waals surface area contributed by atoms with Gasteiger partial charge in [0.05, 0.1) is 19.9 Å². The zero-order chi connectivity index (χ0) is 15.6. The van der Waals surface area contributed by atoms with Crippen LogP contribution in [0.4, 0.5) is 0 Å². The van der Waals surface area contributed by atoms with Crippen LogP contribution in [-0.2, 0) is 13.5 Å². The van der Waals surface area contributed by atoms with E-state index in [2.05, 4.69) is 12.0 Å². The molecule has 1 unspecified atom stereocenters. The molecular weight excluding hydrogens is 266 g/mol. The fourth-order valence-electron chi connectivity index (χ4n) is 2.57. The molecule has 0 saturated heterocycles. The molecule has 0 fully saturated rings. The second-order valence-electron chi connectivity index (χ2n) is 5.19. The van der Waals surface area contributed by atoms with Crippen molar-refractivity contribution in [3.63, 3.8) is 0 Å². The first-order chi connectivity index (χ1) is 9.97. The van der Waals surface area contributed by atoms with Crippen molar-refractivity contribution in [1.29, 1.82) is 0 Å². The second kappa shape index (κ2) is 6.18. The van der Waals surface area contributed by atoms with Crippen molar-refractivity contribution in [1.82, 2.24) is 9.78 Å². The van der Waals surface area contributed by atoms with E-state index in [1.165, 1.54) is 5.56 Å². The van der Waals surface area contributed by atoms with Gasteiger partial charge in [-0.15, -0.1) is 0 Å². The van der Waals surface area contributed by atoms with Crippen LogP contribution in [0.15, 0.2) is 18.2 Å². The van der Waals surface area contributed by atoms with Gasteiger partial charge in [0.15, 0.2) is 0 Å². The zero-order valence-corrected chi connectivity index (χ0v) is 13.3. The van der Waals surface area contributed by atoms with E-state index in [9.17, 15) is 0 Å². The predicted octanol–water partition coefficient (Wildman–Crippen LogP) is 2.30. The van der Waals surface area contributed by atoms with E-state index in [0.29, 0.717) is 0 Å². The smallest absolute Gasteiger partial charge is 0.123 e. The maximum absolute atomic E-state index is 6.40. The molecule has 2 aromatic rings. The zero-order valence-electron chi connectivity index (χ0n) is 13.3. The van der Waals surface area contributed by atoms with Crippen molar-refractivity contribution in [3.8, 4) is 11.5 Å². The summed E-state index contributed by atoms with van der Waals surface area (Å²) in [7, 11) is 5.24. The molecular formula is C16H23N3O2. The van der Waals surface area contributed by atoms with Gasteiger partial charge in [-0.3, -0.25) is 4.68 Å². The van der Waals surface area contributed by atoms with Gasteiger partial charge >= 0.3 is 0 Å². The van der Waals surface area contributed by atoms with Crippen molar-refractivity contribution in [2.45, 2.75) is 26.3 Å². The van der Waals surface area contributed by atoms with E-state index >= 15 is 0 Å². The summed E-state index contributed by atoms with van der Waals surface area (Å²) in [6.07, 6.45) is 0.717. The largest absolute Gasteiger partial charge is 0.497 e. The Morgan fingerprint density at radius 2 is 1.95 bits per heavy atom. The van der Waals surface area contributed by atoms with Crippen LogP contribution in [-0.4, -0.2) is 24.0 Å². The van der Waals surface area contributed by atoms with Crippen molar-refractivity contribution in [3.05, 3.63) is 40.7 Å². The Hall–Kier alpha value is -2.01. The fraction of sp³-hybridized carbons (Fsp3) is 0.438. The average Bonchev–Trinajstić information content (AvgIpc) is 2.72. The summed E-state index contributed by atoms with van der Waals surface area (Å²) in [5.74, 6) is 1.56. The summed E-state index contributed by atoms with van der Waals surface area (Å²) < 4.78 is 12.6. The molecule has 0 saturated carbocycles. The number of aromatic nitrogens is 2. The molecule has 0 radical (unpaired) electrons. The highest BCUT2D eigenvalue weighted by Crippen LogP contribution is 2.31. The summed E-state index contributed by atoms with van der Waals surface area (Å²) in [4.78, 5) is 0. The van der Waals surface area contributed by atoms with Gasteiger partial charge in [-0.25, -0.2) is 0 Å². The van der Waals surface area contributed by atoms with Gasteiger partial charge in [0.1, 0.15) is 11.5 Å². The molecule has 5 heteroatoms. The normalized spacial score (nSPS) is 12.3. The molecule has 5 nitrogen and oxygen atoms in total. The molecule has 0 aliphatic rings. The molecule has 1 atom stereocenters. The van der Waals surface area contributed by atoms with E-state index in [4.69, 9.17) is 15.2 Å². The van der Waals surface area contributed by atoms with E-state index in [-0.39, 0.29) is 6.04 Å². The van der Waals surface area contributed by atoms with Crippen LogP contribution in [0.25, 0.3) is 0 Å². The van der Waals surface area contributed by atoms with Crippen molar-refractivity contribution in [2.24, 2.45) is 12.8 Å². The lowest BCUT2D eigenvalue weighted by atomic mass is 9.97. The molecule has 1 aromatic carbocycles. The molecule has 0 bridgehead atoms. The number of hydrogen-bond donors (Lipinski definition) is 1.